The fraction of sp³-hybridized carbons (Fsp3) is 0.818. The maximum absolute atomic E-state index is 11.8. The first-order chi connectivity index (χ1) is 6.94. The topological polar surface area (TPSA) is 52.6 Å². The Balaban J connectivity index is 2.34. The van der Waals surface area contributed by atoms with Gasteiger partial charge in [0.15, 0.2) is 0 Å². The molecule has 0 saturated carbocycles. The molecule has 0 N–H and O–H groups in total. The quantitative estimate of drug-likeness (QED) is 0.393. The minimum absolute atomic E-state index is 0.103. The van der Waals surface area contributed by atoms with E-state index in [9.17, 15) is 9.59 Å². The van der Waals surface area contributed by atoms with E-state index in [1.807, 2.05) is 20.8 Å². The van der Waals surface area contributed by atoms with Crippen LogP contribution in [0.15, 0.2) is 0 Å². The molecule has 0 aliphatic carbocycles. The zero-order valence-electron chi connectivity index (χ0n) is 9.28. The van der Waals surface area contributed by atoms with E-state index in [2.05, 4.69) is 4.74 Å². The maximum atomic E-state index is 11.8. The fourth-order valence-electron chi connectivity index (χ4n) is 2.90. The van der Waals surface area contributed by atoms with Crippen LogP contribution in [0.3, 0.4) is 0 Å². The highest BCUT2D eigenvalue weighted by atomic mass is 16.6. The molecular formula is C11H16O4. The number of rotatable bonds is 2. The molecule has 0 amide bonds. The van der Waals surface area contributed by atoms with E-state index >= 15 is 0 Å². The standard InChI is InChI=1S/C11H16O4/c1-10(2)7-4-5-8(15-7)11(10,3)9(13)14-6-12/h6-8H,4-5H2,1-3H3. The molecule has 15 heavy (non-hydrogen) atoms. The van der Waals surface area contributed by atoms with Gasteiger partial charge < -0.3 is 9.47 Å². The van der Waals surface area contributed by atoms with E-state index in [0.29, 0.717) is 0 Å². The summed E-state index contributed by atoms with van der Waals surface area (Å²) in [6.07, 6.45) is 1.86. The molecule has 2 rings (SSSR count). The number of hydrogen-bond donors (Lipinski definition) is 0. The van der Waals surface area contributed by atoms with E-state index in [1.165, 1.54) is 0 Å². The summed E-state index contributed by atoms with van der Waals surface area (Å²) in [5.74, 6) is -0.463. The number of fused-ring (bicyclic) bond motifs is 2. The molecule has 4 nitrogen and oxygen atoms in total. The Morgan fingerprint density at radius 2 is 1.93 bits per heavy atom. The van der Waals surface area contributed by atoms with Crippen LogP contribution in [0.5, 0.6) is 0 Å². The summed E-state index contributed by atoms with van der Waals surface area (Å²) in [7, 11) is 0. The summed E-state index contributed by atoms with van der Waals surface area (Å²) in [6.45, 7) is 6.05. The number of ether oxygens (including phenoxy) is 2. The lowest BCUT2D eigenvalue weighted by molar-refractivity contribution is -0.167. The summed E-state index contributed by atoms with van der Waals surface area (Å²) >= 11 is 0. The fourth-order valence-corrected chi connectivity index (χ4v) is 2.90. The highest BCUT2D eigenvalue weighted by Gasteiger charge is 2.66. The van der Waals surface area contributed by atoms with Crippen molar-refractivity contribution in [1.29, 1.82) is 0 Å². The molecule has 2 saturated heterocycles. The second-order valence-corrected chi connectivity index (χ2v) is 5.12. The first-order valence-corrected chi connectivity index (χ1v) is 5.24. The second-order valence-electron chi connectivity index (χ2n) is 5.12. The van der Waals surface area contributed by atoms with Gasteiger partial charge >= 0.3 is 12.4 Å². The molecule has 84 valence electrons. The van der Waals surface area contributed by atoms with Crippen molar-refractivity contribution < 1.29 is 19.1 Å². The van der Waals surface area contributed by atoms with Crippen molar-refractivity contribution in [3.63, 3.8) is 0 Å². The molecule has 4 heteroatoms. The third-order valence-electron chi connectivity index (χ3n) is 4.39. The van der Waals surface area contributed by atoms with Crippen LogP contribution in [-0.4, -0.2) is 24.6 Å². The molecule has 0 aromatic carbocycles. The predicted molar refractivity (Wildman–Crippen MR) is 51.9 cm³/mol. The molecular weight excluding hydrogens is 196 g/mol. The first kappa shape index (κ1) is 10.6. The van der Waals surface area contributed by atoms with Crippen molar-refractivity contribution >= 4 is 12.4 Å². The highest BCUT2D eigenvalue weighted by molar-refractivity contribution is 5.84. The summed E-state index contributed by atoms with van der Waals surface area (Å²) in [4.78, 5) is 22.1. The zero-order chi connectivity index (χ0) is 11.3. The Morgan fingerprint density at radius 3 is 2.40 bits per heavy atom. The van der Waals surface area contributed by atoms with Gasteiger partial charge in [0.2, 0.25) is 0 Å². The van der Waals surface area contributed by atoms with Crippen LogP contribution in [0, 0.1) is 10.8 Å². The minimum atomic E-state index is -0.698. The van der Waals surface area contributed by atoms with Gasteiger partial charge in [0.05, 0.1) is 17.6 Å². The van der Waals surface area contributed by atoms with Crippen LogP contribution in [0.1, 0.15) is 33.6 Å². The monoisotopic (exact) mass is 212 g/mol. The Morgan fingerprint density at radius 1 is 1.33 bits per heavy atom. The molecule has 2 aliphatic rings. The van der Waals surface area contributed by atoms with E-state index in [1.54, 1.807) is 0 Å². The molecule has 2 heterocycles. The maximum Gasteiger partial charge on any atom is 0.322 e. The predicted octanol–water partition coefficient (Wildman–Crippen LogP) is 1.28. The van der Waals surface area contributed by atoms with Crippen LogP contribution in [0.2, 0.25) is 0 Å². The lowest BCUT2D eigenvalue weighted by Crippen LogP contribution is -2.50. The summed E-state index contributed by atoms with van der Waals surface area (Å²) in [6, 6.07) is 0. The van der Waals surface area contributed by atoms with Gasteiger partial charge in [-0.2, -0.15) is 0 Å². The van der Waals surface area contributed by atoms with Gasteiger partial charge in [0, 0.05) is 5.41 Å². The smallest absolute Gasteiger partial charge is 0.322 e. The van der Waals surface area contributed by atoms with Gasteiger partial charge in [0.25, 0.3) is 0 Å². The van der Waals surface area contributed by atoms with Crippen molar-refractivity contribution in [3.05, 3.63) is 0 Å². The van der Waals surface area contributed by atoms with Gasteiger partial charge in [-0.1, -0.05) is 13.8 Å². The lowest BCUT2D eigenvalue weighted by atomic mass is 9.59. The lowest BCUT2D eigenvalue weighted by Gasteiger charge is -2.41. The van der Waals surface area contributed by atoms with Gasteiger partial charge in [-0.25, -0.2) is 0 Å². The van der Waals surface area contributed by atoms with Gasteiger partial charge in [-0.15, -0.1) is 0 Å². The molecule has 0 aromatic rings. The molecule has 2 fully saturated rings. The van der Waals surface area contributed by atoms with Crippen molar-refractivity contribution in [2.24, 2.45) is 10.8 Å². The average molecular weight is 212 g/mol. The Bertz CT molecular complexity index is 310. The summed E-state index contributed by atoms with van der Waals surface area (Å²) < 4.78 is 10.3. The van der Waals surface area contributed by atoms with E-state index in [4.69, 9.17) is 4.74 Å². The molecule has 0 radical (unpaired) electrons. The SMILES string of the molecule is CC1(C)C2CCC(O2)C1(C)C(=O)OC=O. The molecule has 0 spiro atoms. The summed E-state index contributed by atoms with van der Waals surface area (Å²) in [5.41, 5.74) is -0.965. The largest absolute Gasteiger partial charge is 0.395 e. The van der Waals surface area contributed by atoms with Crippen LogP contribution >= 0.6 is 0 Å². The molecule has 2 bridgehead atoms. The third-order valence-corrected chi connectivity index (χ3v) is 4.39. The first-order valence-electron chi connectivity index (χ1n) is 5.24. The zero-order valence-corrected chi connectivity index (χ0v) is 9.28. The molecule has 3 atom stereocenters. The normalized spacial score (nSPS) is 41.5. The molecule has 0 aromatic heterocycles. The Hall–Kier alpha value is -0.900. The number of carbonyl (C=O) groups excluding carboxylic acids is 2. The number of hydrogen-bond acceptors (Lipinski definition) is 4. The van der Waals surface area contributed by atoms with Crippen LogP contribution in [-0.2, 0) is 19.1 Å². The van der Waals surface area contributed by atoms with Crippen molar-refractivity contribution in [3.8, 4) is 0 Å². The molecule has 3 unspecified atom stereocenters. The van der Waals surface area contributed by atoms with Gasteiger partial charge in [-0.3, -0.25) is 9.59 Å². The third kappa shape index (κ3) is 1.11. The minimum Gasteiger partial charge on any atom is -0.395 e. The van der Waals surface area contributed by atoms with E-state index in [-0.39, 0.29) is 24.1 Å². The second kappa shape index (κ2) is 3.04. The number of esters is 1. The average Bonchev–Trinajstić information content (AvgIpc) is 2.70. The Kier molecular flexibility index (Phi) is 2.15. The van der Waals surface area contributed by atoms with Gasteiger partial charge in [-0.05, 0) is 19.8 Å². The number of carbonyl (C=O) groups is 2. The highest BCUT2D eigenvalue weighted by Crippen LogP contribution is 2.59. The van der Waals surface area contributed by atoms with Crippen LogP contribution in [0.25, 0.3) is 0 Å². The van der Waals surface area contributed by atoms with Crippen molar-refractivity contribution in [2.45, 2.75) is 45.8 Å². The summed E-state index contributed by atoms with van der Waals surface area (Å²) in [5, 5.41) is 0. The Labute approximate surface area is 88.9 Å². The van der Waals surface area contributed by atoms with E-state index in [0.717, 1.165) is 12.8 Å². The van der Waals surface area contributed by atoms with Crippen molar-refractivity contribution in [2.75, 3.05) is 0 Å². The van der Waals surface area contributed by atoms with E-state index < -0.39 is 11.4 Å². The van der Waals surface area contributed by atoms with Crippen LogP contribution < -0.4 is 0 Å². The van der Waals surface area contributed by atoms with Crippen molar-refractivity contribution in [1.82, 2.24) is 0 Å². The molecule has 2 aliphatic heterocycles. The van der Waals surface area contributed by atoms with Gasteiger partial charge in [0.1, 0.15) is 0 Å². The van der Waals surface area contributed by atoms with Crippen LogP contribution in [0.4, 0.5) is 0 Å².